The van der Waals surface area contributed by atoms with Gasteiger partial charge in [0.2, 0.25) is 5.91 Å². The molecule has 4 nitrogen and oxygen atoms in total. The lowest BCUT2D eigenvalue weighted by molar-refractivity contribution is -0.120. The fraction of sp³-hybridized carbons (Fsp3) is 0.500. The van der Waals surface area contributed by atoms with E-state index in [-0.39, 0.29) is 5.91 Å². The smallest absolute Gasteiger partial charge is 0.238 e. The first-order valence-corrected chi connectivity index (χ1v) is 6.47. The number of carbonyl (C=O) groups is 1. The molecule has 0 unspecified atom stereocenters. The van der Waals surface area contributed by atoms with Gasteiger partial charge in [0.25, 0.3) is 0 Å². The monoisotopic (exact) mass is 248 g/mol. The minimum absolute atomic E-state index is 0.177. The predicted octanol–water partition coefficient (Wildman–Crippen LogP) is 1.68. The zero-order valence-electron chi connectivity index (χ0n) is 10.5. The van der Waals surface area contributed by atoms with Crippen LogP contribution in [0.2, 0.25) is 0 Å². The number of benzene rings is 1. The molecule has 4 heteroatoms. The van der Waals surface area contributed by atoms with Crippen LogP contribution in [0.5, 0.6) is 0 Å². The molecule has 0 bridgehead atoms. The summed E-state index contributed by atoms with van der Waals surface area (Å²) in [4.78, 5) is 11.3. The van der Waals surface area contributed by atoms with Gasteiger partial charge in [-0.2, -0.15) is 0 Å². The molecular weight excluding hydrogens is 228 g/mol. The van der Waals surface area contributed by atoms with E-state index in [4.69, 9.17) is 10.6 Å². The van der Waals surface area contributed by atoms with Gasteiger partial charge in [0.05, 0.1) is 19.1 Å². The van der Waals surface area contributed by atoms with E-state index < -0.39 is 0 Å². The summed E-state index contributed by atoms with van der Waals surface area (Å²) in [7, 11) is 0. The number of rotatable bonds is 5. The van der Waals surface area contributed by atoms with Gasteiger partial charge in [-0.15, -0.1) is 0 Å². The molecule has 0 aromatic heterocycles. The third-order valence-electron chi connectivity index (χ3n) is 3.41. The van der Waals surface area contributed by atoms with Crippen LogP contribution in [-0.2, 0) is 22.6 Å². The maximum atomic E-state index is 11.3. The van der Waals surface area contributed by atoms with E-state index in [1.165, 1.54) is 12.8 Å². The number of amides is 1. The van der Waals surface area contributed by atoms with Crippen LogP contribution < -0.4 is 11.3 Å². The molecule has 0 saturated heterocycles. The van der Waals surface area contributed by atoms with Crippen LogP contribution in [0, 0.1) is 0 Å². The Bertz CT molecular complexity index is 401. The highest BCUT2D eigenvalue weighted by molar-refractivity contribution is 5.78. The third-order valence-corrected chi connectivity index (χ3v) is 3.41. The van der Waals surface area contributed by atoms with E-state index in [1.54, 1.807) is 0 Å². The number of hydrogen-bond acceptors (Lipinski definition) is 3. The standard InChI is InChI=1S/C14H20N2O2/c15-16-14(17)9-11-5-1-2-6-12(11)10-18-13-7-3-4-8-13/h1-2,5-6,13H,3-4,7-10,15H2,(H,16,17). The van der Waals surface area contributed by atoms with Gasteiger partial charge in [-0.05, 0) is 24.0 Å². The number of hydrazine groups is 1. The van der Waals surface area contributed by atoms with Gasteiger partial charge in [0, 0.05) is 0 Å². The zero-order valence-corrected chi connectivity index (χ0v) is 10.5. The van der Waals surface area contributed by atoms with E-state index >= 15 is 0 Å². The Morgan fingerprint density at radius 1 is 1.28 bits per heavy atom. The average Bonchev–Trinajstić information content (AvgIpc) is 2.91. The maximum Gasteiger partial charge on any atom is 0.238 e. The Balaban J connectivity index is 1.95. The van der Waals surface area contributed by atoms with Crippen molar-refractivity contribution in [1.82, 2.24) is 5.43 Å². The minimum atomic E-state index is -0.177. The molecule has 1 fully saturated rings. The first-order valence-electron chi connectivity index (χ1n) is 6.47. The minimum Gasteiger partial charge on any atom is -0.374 e. The van der Waals surface area contributed by atoms with Gasteiger partial charge in [-0.3, -0.25) is 10.2 Å². The number of ether oxygens (including phenoxy) is 1. The highest BCUT2D eigenvalue weighted by Crippen LogP contribution is 2.22. The molecule has 1 saturated carbocycles. The van der Waals surface area contributed by atoms with Crippen molar-refractivity contribution in [1.29, 1.82) is 0 Å². The molecule has 1 aliphatic carbocycles. The summed E-state index contributed by atoms with van der Waals surface area (Å²) in [5.74, 6) is 4.94. The second kappa shape index (κ2) is 6.52. The number of hydrogen-bond donors (Lipinski definition) is 2. The Kier molecular flexibility index (Phi) is 4.73. The molecule has 1 aromatic rings. The van der Waals surface area contributed by atoms with Crippen LogP contribution >= 0.6 is 0 Å². The summed E-state index contributed by atoms with van der Waals surface area (Å²) < 4.78 is 5.88. The molecule has 1 amide bonds. The lowest BCUT2D eigenvalue weighted by Crippen LogP contribution is -2.31. The quantitative estimate of drug-likeness (QED) is 0.473. The fourth-order valence-electron chi connectivity index (χ4n) is 2.36. The van der Waals surface area contributed by atoms with Crippen molar-refractivity contribution in [3.8, 4) is 0 Å². The first kappa shape index (κ1) is 13.1. The molecule has 0 atom stereocenters. The van der Waals surface area contributed by atoms with E-state index in [0.29, 0.717) is 19.1 Å². The average molecular weight is 248 g/mol. The summed E-state index contributed by atoms with van der Waals surface area (Å²) in [5.41, 5.74) is 4.22. The molecular formula is C14H20N2O2. The van der Waals surface area contributed by atoms with Crippen molar-refractivity contribution < 1.29 is 9.53 Å². The van der Waals surface area contributed by atoms with Crippen molar-refractivity contribution in [3.05, 3.63) is 35.4 Å². The number of carbonyl (C=O) groups excluding carboxylic acids is 1. The maximum absolute atomic E-state index is 11.3. The van der Waals surface area contributed by atoms with Gasteiger partial charge in [-0.1, -0.05) is 37.1 Å². The van der Waals surface area contributed by atoms with E-state index in [0.717, 1.165) is 24.0 Å². The summed E-state index contributed by atoms with van der Waals surface area (Å²) in [6.45, 7) is 0.582. The van der Waals surface area contributed by atoms with Crippen molar-refractivity contribution in [3.63, 3.8) is 0 Å². The molecule has 1 aromatic carbocycles. The van der Waals surface area contributed by atoms with Crippen molar-refractivity contribution in [2.45, 2.75) is 44.8 Å². The highest BCUT2D eigenvalue weighted by Gasteiger charge is 2.16. The molecule has 98 valence electrons. The Labute approximate surface area is 107 Å². The number of nitrogens with one attached hydrogen (secondary N) is 1. The normalized spacial score (nSPS) is 15.8. The first-order chi connectivity index (χ1) is 8.79. The van der Waals surface area contributed by atoms with Crippen LogP contribution in [0.1, 0.15) is 36.8 Å². The second-order valence-corrected chi connectivity index (χ2v) is 4.73. The van der Waals surface area contributed by atoms with Gasteiger partial charge in [0.1, 0.15) is 0 Å². The molecule has 0 heterocycles. The van der Waals surface area contributed by atoms with E-state index in [1.807, 2.05) is 24.3 Å². The number of nitrogens with two attached hydrogens (primary N) is 1. The van der Waals surface area contributed by atoms with Crippen molar-refractivity contribution >= 4 is 5.91 Å². The Morgan fingerprint density at radius 2 is 1.94 bits per heavy atom. The topological polar surface area (TPSA) is 64.3 Å². The van der Waals surface area contributed by atoms with Crippen LogP contribution in [0.15, 0.2) is 24.3 Å². The van der Waals surface area contributed by atoms with Crippen LogP contribution in [-0.4, -0.2) is 12.0 Å². The second-order valence-electron chi connectivity index (χ2n) is 4.73. The van der Waals surface area contributed by atoms with E-state index in [9.17, 15) is 4.79 Å². The molecule has 0 aliphatic heterocycles. The van der Waals surface area contributed by atoms with Gasteiger partial charge in [0.15, 0.2) is 0 Å². The molecule has 3 N–H and O–H groups in total. The Morgan fingerprint density at radius 3 is 2.61 bits per heavy atom. The molecule has 1 aliphatic rings. The molecule has 2 rings (SSSR count). The third kappa shape index (κ3) is 3.55. The van der Waals surface area contributed by atoms with Gasteiger partial charge in [-0.25, -0.2) is 5.84 Å². The SMILES string of the molecule is NNC(=O)Cc1ccccc1COC1CCCC1. The van der Waals surface area contributed by atoms with Crippen LogP contribution in [0.25, 0.3) is 0 Å². The Hall–Kier alpha value is -1.39. The lowest BCUT2D eigenvalue weighted by atomic mass is 10.0. The van der Waals surface area contributed by atoms with Gasteiger partial charge >= 0.3 is 0 Å². The largest absolute Gasteiger partial charge is 0.374 e. The fourth-order valence-corrected chi connectivity index (χ4v) is 2.36. The lowest BCUT2D eigenvalue weighted by Gasteiger charge is -2.13. The predicted molar refractivity (Wildman–Crippen MR) is 69.5 cm³/mol. The van der Waals surface area contributed by atoms with Crippen LogP contribution in [0.4, 0.5) is 0 Å². The summed E-state index contributed by atoms with van der Waals surface area (Å²) in [5, 5.41) is 0. The summed E-state index contributed by atoms with van der Waals surface area (Å²) in [6, 6.07) is 7.85. The molecule has 0 radical (unpaired) electrons. The summed E-state index contributed by atoms with van der Waals surface area (Å²) >= 11 is 0. The van der Waals surface area contributed by atoms with Crippen molar-refractivity contribution in [2.75, 3.05) is 0 Å². The van der Waals surface area contributed by atoms with Crippen LogP contribution in [0.3, 0.4) is 0 Å². The van der Waals surface area contributed by atoms with E-state index in [2.05, 4.69) is 5.43 Å². The molecule has 18 heavy (non-hydrogen) atoms. The molecule has 0 spiro atoms. The highest BCUT2D eigenvalue weighted by atomic mass is 16.5. The summed E-state index contributed by atoms with van der Waals surface area (Å²) in [6.07, 6.45) is 5.54. The van der Waals surface area contributed by atoms with Crippen molar-refractivity contribution in [2.24, 2.45) is 5.84 Å². The zero-order chi connectivity index (χ0) is 12.8. The van der Waals surface area contributed by atoms with Gasteiger partial charge < -0.3 is 4.74 Å².